The Bertz CT molecular complexity index is 853. The Balaban J connectivity index is 1.23. The molecule has 4 rings (SSSR count). The summed E-state index contributed by atoms with van der Waals surface area (Å²) in [5.74, 6) is 1.14. The van der Waals surface area contributed by atoms with Gasteiger partial charge in [-0.05, 0) is 86.9 Å². The van der Waals surface area contributed by atoms with Gasteiger partial charge in [0.15, 0.2) is 0 Å². The van der Waals surface area contributed by atoms with Crippen molar-refractivity contribution in [2.45, 2.75) is 57.5 Å². The lowest BCUT2D eigenvalue weighted by Gasteiger charge is -2.14. The summed E-state index contributed by atoms with van der Waals surface area (Å²) < 4.78 is 6.05. The summed E-state index contributed by atoms with van der Waals surface area (Å²) in [4.78, 5) is 24.1. The zero-order valence-electron chi connectivity index (χ0n) is 16.7. The third kappa shape index (κ3) is 5.83. The molecular formula is C24H28N2O3. The molecule has 152 valence electrons. The van der Waals surface area contributed by atoms with Crippen molar-refractivity contribution in [3.8, 4) is 5.75 Å². The van der Waals surface area contributed by atoms with Crippen LogP contribution >= 0.6 is 0 Å². The molecule has 0 spiro atoms. The van der Waals surface area contributed by atoms with E-state index < -0.39 is 0 Å². The summed E-state index contributed by atoms with van der Waals surface area (Å²) in [6.07, 6.45) is 8.15. The van der Waals surface area contributed by atoms with Crippen LogP contribution in [-0.2, 0) is 16.0 Å². The molecule has 5 heteroatoms. The molecule has 0 bridgehead atoms. The summed E-state index contributed by atoms with van der Waals surface area (Å²) in [6, 6.07) is 15.3. The van der Waals surface area contributed by atoms with Crippen molar-refractivity contribution in [1.29, 1.82) is 0 Å². The van der Waals surface area contributed by atoms with Crippen LogP contribution in [0.25, 0.3) is 0 Å². The predicted octanol–water partition coefficient (Wildman–Crippen LogP) is 4.93. The summed E-state index contributed by atoms with van der Waals surface area (Å²) in [5.41, 5.74) is 2.60. The molecule has 0 unspecified atom stereocenters. The van der Waals surface area contributed by atoms with Crippen molar-refractivity contribution in [1.82, 2.24) is 0 Å². The van der Waals surface area contributed by atoms with Gasteiger partial charge in [0.1, 0.15) is 5.75 Å². The van der Waals surface area contributed by atoms with E-state index in [0.717, 1.165) is 48.4 Å². The smallest absolute Gasteiger partial charge is 0.227 e. The molecule has 2 aliphatic rings. The number of ether oxygens (including phenoxy) is 1. The van der Waals surface area contributed by atoms with Gasteiger partial charge in [0.2, 0.25) is 11.8 Å². The number of hydrogen-bond acceptors (Lipinski definition) is 3. The fraction of sp³-hybridized carbons (Fsp3) is 0.417. The standard InChI is InChI=1S/C24H28N2O3/c27-23(25-19-11-13-20(14-12-19)26-24(28)18-9-10-18)15-8-17-4-3-7-22(16-17)29-21-5-1-2-6-21/h3-4,7,11-14,16,18,21H,1-2,5-6,8-10,15H2,(H,25,27)(H,26,28). The van der Waals surface area contributed by atoms with Crippen LogP contribution in [0.2, 0.25) is 0 Å². The van der Waals surface area contributed by atoms with Gasteiger partial charge in [-0.25, -0.2) is 0 Å². The molecule has 0 atom stereocenters. The van der Waals surface area contributed by atoms with Crippen molar-refractivity contribution in [3.05, 3.63) is 54.1 Å². The molecule has 2 aromatic carbocycles. The molecule has 2 amide bonds. The number of carbonyl (C=O) groups is 2. The van der Waals surface area contributed by atoms with E-state index in [0.29, 0.717) is 18.9 Å². The van der Waals surface area contributed by atoms with E-state index in [-0.39, 0.29) is 17.7 Å². The molecule has 5 nitrogen and oxygen atoms in total. The monoisotopic (exact) mass is 392 g/mol. The molecule has 0 heterocycles. The highest BCUT2D eigenvalue weighted by Crippen LogP contribution is 2.30. The van der Waals surface area contributed by atoms with Gasteiger partial charge in [0.05, 0.1) is 6.10 Å². The Kier molecular flexibility index (Phi) is 6.13. The second-order valence-electron chi connectivity index (χ2n) is 8.06. The largest absolute Gasteiger partial charge is 0.490 e. The molecule has 0 aromatic heterocycles. The van der Waals surface area contributed by atoms with Crippen molar-refractivity contribution in [2.75, 3.05) is 10.6 Å². The van der Waals surface area contributed by atoms with Crippen molar-refractivity contribution < 1.29 is 14.3 Å². The molecule has 2 fully saturated rings. The lowest BCUT2D eigenvalue weighted by molar-refractivity contribution is -0.117. The van der Waals surface area contributed by atoms with E-state index in [2.05, 4.69) is 10.6 Å². The highest BCUT2D eigenvalue weighted by molar-refractivity contribution is 5.95. The Labute approximate surface area is 171 Å². The topological polar surface area (TPSA) is 67.4 Å². The van der Waals surface area contributed by atoms with E-state index >= 15 is 0 Å². The summed E-state index contributed by atoms with van der Waals surface area (Å²) in [5, 5.41) is 5.82. The quantitative estimate of drug-likeness (QED) is 0.669. The Morgan fingerprint density at radius 2 is 1.59 bits per heavy atom. The summed E-state index contributed by atoms with van der Waals surface area (Å²) >= 11 is 0. The molecule has 0 aliphatic heterocycles. The lowest BCUT2D eigenvalue weighted by atomic mass is 10.1. The molecule has 29 heavy (non-hydrogen) atoms. The SMILES string of the molecule is O=C(CCc1cccc(OC2CCCC2)c1)Nc1ccc(NC(=O)C2CC2)cc1. The Morgan fingerprint density at radius 3 is 2.28 bits per heavy atom. The average molecular weight is 392 g/mol. The van der Waals surface area contributed by atoms with Crippen LogP contribution in [0.5, 0.6) is 5.75 Å². The van der Waals surface area contributed by atoms with Crippen LogP contribution in [0.4, 0.5) is 11.4 Å². The number of anilines is 2. The minimum atomic E-state index is -0.0260. The second-order valence-corrected chi connectivity index (χ2v) is 8.06. The highest BCUT2D eigenvalue weighted by Gasteiger charge is 2.29. The van der Waals surface area contributed by atoms with Gasteiger partial charge in [0.25, 0.3) is 0 Å². The number of rotatable bonds is 8. The predicted molar refractivity (Wildman–Crippen MR) is 114 cm³/mol. The number of amides is 2. The highest BCUT2D eigenvalue weighted by atomic mass is 16.5. The van der Waals surface area contributed by atoms with Crippen LogP contribution in [0, 0.1) is 5.92 Å². The van der Waals surface area contributed by atoms with Gasteiger partial charge in [-0.15, -0.1) is 0 Å². The van der Waals surface area contributed by atoms with Crippen molar-refractivity contribution >= 4 is 23.2 Å². The van der Waals surface area contributed by atoms with Gasteiger partial charge in [-0.3, -0.25) is 9.59 Å². The third-order valence-corrected chi connectivity index (χ3v) is 5.53. The van der Waals surface area contributed by atoms with E-state index in [9.17, 15) is 9.59 Å². The third-order valence-electron chi connectivity index (χ3n) is 5.53. The Morgan fingerprint density at radius 1 is 0.897 bits per heavy atom. The first-order valence-corrected chi connectivity index (χ1v) is 10.6. The number of benzene rings is 2. The first kappa shape index (κ1) is 19.5. The molecule has 2 saturated carbocycles. The minimum Gasteiger partial charge on any atom is -0.490 e. The Hall–Kier alpha value is -2.82. The van der Waals surface area contributed by atoms with E-state index in [4.69, 9.17) is 4.74 Å². The molecule has 2 aliphatic carbocycles. The summed E-state index contributed by atoms with van der Waals surface area (Å²) in [7, 11) is 0. The maximum Gasteiger partial charge on any atom is 0.227 e. The van der Waals surface area contributed by atoms with E-state index in [1.807, 2.05) is 48.5 Å². The number of nitrogens with one attached hydrogen (secondary N) is 2. The number of hydrogen-bond donors (Lipinski definition) is 2. The van der Waals surface area contributed by atoms with Crippen molar-refractivity contribution in [3.63, 3.8) is 0 Å². The van der Waals surface area contributed by atoms with Crippen LogP contribution in [0.1, 0.15) is 50.5 Å². The number of aryl methyl sites for hydroxylation is 1. The van der Waals surface area contributed by atoms with Gasteiger partial charge in [0, 0.05) is 23.7 Å². The van der Waals surface area contributed by atoms with Crippen LogP contribution in [0.3, 0.4) is 0 Å². The maximum absolute atomic E-state index is 12.3. The molecule has 0 radical (unpaired) electrons. The first-order valence-electron chi connectivity index (χ1n) is 10.6. The first-order chi connectivity index (χ1) is 14.2. The molecule has 2 aromatic rings. The van der Waals surface area contributed by atoms with Gasteiger partial charge >= 0.3 is 0 Å². The molecule has 0 saturated heterocycles. The molecular weight excluding hydrogens is 364 g/mol. The van der Waals surface area contributed by atoms with Gasteiger partial charge in [-0.2, -0.15) is 0 Å². The zero-order chi connectivity index (χ0) is 20.1. The normalized spacial score (nSPS) is 16.4. The molecule has 2 N–H and O–H groups in total. The van der Waals surface area contributed by atoms with Gasteiger partial charge < -0.3 is 15.4 Å². The van der Waals surface area contributed by atoms with E-state index in [1.165, 1.54) is 12.8 Å². The lowest BCUT2D eigenvalue weighted by Crippen LogP contribution is -2.14. The van der Waals surface area contributed by atoms with Crippen LogP contribution in [-0.4, -0.2) is 17.9 Å². The van der Waals surface area contributed by atoms with Crippen LogP contribution in [0.15, 0.2) is 48.5 Å². The van der Waals surface area contributed by atoms with E-state index in [1.54, 1.807) is 0 Å². The van der Waals surface area contributed by atoms with Crippen LogP contribution < -0.4 is 15.4 Å². The second kappa shape index (κ2) is 9.12. The van der Waals surface area contributed by atoms with Gasteiger partial charge in [-0.1, -0.05) is 12.1 Å². The minimum absolute atomic E-state index is 0.0260. The zero-order valence-corrected chi connectivity index (χ0v) is 16.7. The fourth-order valence-electron chi connectivity index (χ4n) is 3.68. The van der Waals surface area contributed by atoms with Crippen molar-refractivity contribution in [2.24, 2.45) is 5.92 Å². The fourth-order valence-corrected chi connectivity index (χ4v) is 3.68. The number of carbonyl (C=O) groups excluding carboxylic acids is 2. The maximum atomic E-state index is 12.3. The summed E-state index contributed by atoms with van der Waals surface area (Å²) in [6.45, 7) is 0. The average Bonchev–Trinajstić information content (AvgIpc) is 3.46.